The van der Waals surface area contributed by atoms with Crippen LogP contribution in [0.15, 0.2) is 72.9 Å². The molecule has 0 aliphatic carbocycles. The molecule has 2 amide bonds. The monoisotopic (exact) mass is 407 g/mol. The van der Waals surface area contributed by atoms with E-state index in [1.807, 2.05) is 30.3 Å². The lowest BCUT2D eigenvalue weighted by Crippen LogP contribution is -2.42. The van der Waals surface area contributed by atoms with Gasteiger partial charge in [-0.1, -0.05) is 42.5 Å². The Bertz CT molecular complexity index is 994. The van der Waals surface area contributed by atoms with E-state index in [9.17, 15) is 14.0 Å². The molecule has 1 atom stereocenters. The van der Waals surface area contributed by atoms with E-state index in [1.165, 1.54) is 18.3 Å². The Morgan fingerprint density at radius 3 is 2.57 bits per heavy atom. The molecule has 0 spiro atoms. The van der Waals surface area contributed by atoms with Crippen molar-refractivity contribution >= 4 is 12.0 Å². The zero-order valence-corrected chi connectivity index (χ0v) is 16.5. The number of hydrogen-bond donors (Lipinski definition) is 2. The van der Waals surface area contributed by atoms with Crippen molar-refractivity contribution in [2.24, 2.45) is 0 Å². The number of alkyl carbamates (subject to hydrolysis) is 1. The molecule has 30 heavy (non-hydrogen) atoms. The maximum absolute atomic E-state index is 13.3. The van der Waals surface area contributed by atoms with E-state index in [0.29, 0.717) is 16.8 Å². The first-order valence-corrected chi connectivity index (χ1v) is 9.48. The summed E-state index contributed by atoms with van der Waals surface area (Å²) in [5, 5.41) is 5.40. The molecule has 0 unspecified atom stereocenters. The number of amides is 2. The van der Waals surface area contributed by atoms with Gasteiger partial charge in [0.1, 0.15) is 12.4 Å². The average Bonchev–Trinajstić information content (AvgIpc) is 2.77. The third-order valence-electron chi connectivity index (χ3n) is 4.29. The van der Waals surface area contributed by atoms with Gasteiger partial charge in [0.25, 0.3) is 5.91 Å². The summed E-state index contributed by atoms with van der Waals surface area (Å²) in [6, 6.07) is 18.4. The van der Waals surface area contributed by atoms with Crippen molar-refractivity contribution in [2.75, 3.05) is 6.54 Å². The first kappa shape index (κ1) is 21.0. The minimum atomic E-state index is -0.554. The van der Waals surface area contributed by atoms with E-state index < -0.39 is 6.09 Å². The third kappa shape index (κ3) is 6.13. The summed E-state index contributed by atoms with van der Waals surface area (Å²) in [5.41, 5.74) is 2.47. The first-order valence-electron chi connectivity index (χ1n) is 9.48. The van der Waals surface area contributed by atoms with Crippen LogP contribution in [0.1, 0.15) is 22.8 Å². The van der Waals surface area contributed by atoms with Crippen molar-refractivity contribution in [1.29, 1.82) is 0 Å². The molecule has 0 aliphatic rings. The van der Waals surface area contributed by atoms with E-state index in [2.05, 4.69) is 15.6 Å². The molecule has 0 saturated heterocycles. The molecule has 2 aromatic carbocycles. The molecule has 0 fully saturated rings. The standard InChI is InChI=1S/C23H22FN3O3/c1-16(27-23(29)30-15-17-6-3-2-4-7-17)13-26-22(28)19-10-11-21(25-14-19)18-8-5-9-20(24)12-18/h2-12,14,16H,13,15H2,1H3,(H,26,28)(H,27,29)/t16-/m0/s1. The lowest BCUT2D eigenvalue weighted by molar-refractivity contribution is 0.0946. The van der Waals surface area contributed by atoms with E-state index in [4.69, 9.17) is 4.74 Å². The Balaban J connectivity index is 1.44. The van der Waals surface area contributed by atoms with Gasteiger partial charge in [0.05, 0.1) is 11.3 Å². The molecule has 3 aromatic rings. The van der Waals surface area contributed by atoms with Gasteiger partial charge in [0, 0.05) is 24.3 Å². The zero-order chi connectivity index (χ0) is 21.3. The normalized spacial score (nSPS) is 11.4. The van der Waals surface area contributed by atoms with Crippen LogP contribution < -0.4 is 10.6 Å². The highest BCUT2D eigenvalue weighted by molar-refractivity contribution is 5.94. The van der Waals surface area contributed by atoms with Crippen LogP contribution in [-0.2, 0) is 11.3 Å². The number of rotatable bonds is 7. The fraction of sp³-hybridized carbons (Fsp3) is 0.174. The fourth-order valence-corrected chi connectivity index (χ4v) is 2.71. The molecule has 0 aliphatic heterocycles. The average molecular weight is 407 g/mol. The van der Waals surface area contributed by atoms with Gasteiger partial charge in [-0.2, -0.15) is 0 Å². The number of nitrogens with one attached hydrogen (secondary N) is 2. The molecule has 3 rings (SSSR count). The minimum Gasteiger partial charge on any atom is -0.445 e. The molecule has 7 heteroatoms. The van der Waals surface area contributed by atoms with Crippen molar-refractivity contribution in [3.05, 3.63) is 89.9 Å². The Labute approximate surface area is 174 Å². The summed E-state index contributed by atoms with van der Waals surface area (Å²) in [6.45, 7) is 2.16. The minimum absolute atomic E-state index is 0.176. The van der Waals surface area contributed by atoms with E-state index in [1.54, 1.807) is 31.2 Å². The summed E-state index contributed by atoms with van der Waals surface area (Å²) in [4.78, 5) is 28.4. The van der Waals surface area contributed by atoms with Crippen molar-refractivity contribution < 1.29 is 18.7 Å². The van der Waals surface area contributed by atoms with Crippen molar-refractivity contribution in [3.63, 3.8) is 0 Å². The van der Waals surface area contributed by atoms with Crippen LogP contribution in [0.25, 0.3) is 11.3 Å². The van der Waals surface area contributed by atoms with Gasteiger partial charge in [-0.25, -0.2) is 9.18 Å². The Kier molecular flexibility index (Phi) is 7.10. The summed E-state index contributed by atoms with van der Waals surface area (Å²) in [7, 11) is 0. The number of pyridine rings is 1. The molecule has 0 radical (unpaired) electrons. The highest BCUT2D eigenvalue weighted by Gasteiger charge is 2.12. The number of hydrogen-bond acceptors (Lipinski definition) is 4. The number of benzene rings is 2. The number of carbonyl (C=O) groups excluding carboxylic acids is 2. The van der Waals surface area contributed by atoms with Gasteiger partial charge in [-0.3, -0.25) is 9.78 Å². The lowest BCUT2D eigenvalue weighted by atomic mass is 10.1. The van der Waals surface area contributed by atoms with Crippen LogP contribution in [0.2, 0.25) is 0 Å². The molecular weight excluding hydrogens is 385 g/mol. The van der Waals surface area contributed by atoms with Gasteiger partial charge in [0.2, 0.25) is 0 Å². The van der Waals surface area contributed by atoms with E-state index in [0.717, 1.165) is 5.56 Å². The first-order chi connectivity index (χ1) is 14.5. The van der Waals surface area contributed by atoms with E-state index in [-0.39, 0.29) is 30.9 Å². The Morgan fingerprint density at radius 1 is 1.07 bits per heavy atom. The summed E-state index contributed by atoms with van der Waals surface area (Å²) in [6.07, 6.45) is 0.878. The van der Waals surface area contributed by atoms with Crippen molar-refractivity contribution in [1.82, 2.24) is 15.6 Å². The quantitative estimate of drug-likeness (QED) is 0.622. The number of nitrogens with zero attached hydrogens (tertiary/aromatic N) is 1. The van der Waals surface area contributed by atoms with Crippen LogP contribution in [0.3, 0.4) is 0 Å². The topological polar surface area (TPSA) is 80.3 Å². The zero-order valence-electron chi connectivity index (χ0n) is 16.5. The fourth-order valence-electron chi connectivity index (χ4n) is 2.71. The Morgan fingerprint density at radius 2 is 1.87 bits per heavy atom. The van der Waals surface area contributed by atoms with Crippen molar-refractivity contribution in [3.8, 4) is 11.3 Å². The second-order valence-electron chi connectivity index (χ2n) is 6.76. The van der Waals surface area contributed by atoms with Gasteiger partial charge in [-0.15, -0.1) is 0 Å². The third-order valence-corrected chi connectivity index (χ3v) is 4.29. The summed E-state index contributed by atoms with van der Waals surface area (Å²) >= 11 is 0. The maximum Gasteiger partial charge on any atom is 0.407 e. The van der Waals surface area contributed by atoms with Crippen LogP contribution in [0.4, 0.5) is 9.18 Å². The molecular formula is C23H22FN3O3. The number of halogens is 1. The molecule has 154 valence electrons. The summed E-state index contributed by atoms with van der Waals surface area (Å²) in [5.74, 6) is -0.667. The lowest BCUT2D eigenvalue weighted by Gasteiger charge is -2.15. The van der Waals surface area contributed by atoms with E-state index >= 15 is 0 Å². The number of carbonyl (C=O) groups is 2. The molecule has 2 N–H and O–H groups in total. The number of ether oxygens (including phenoxy) is 1. The highest BCUT2D eigenvalue weighted by atomic mass is 19.1. The summed E-state index contributed by atoms with van der Waals surface area (Å²) < 4.78 is 18.5. The largest absolute Gasteiger partial charge is 0.445 e. The smallest absolute Gasteiger partial charge is 0.407 e. The molecule has 1 heterocycles. The number of aromatic nitrogens is 1. The van der Waals surface area contributed by atoms with Gasteiger partial charge in [0.15, 0.2) is 0 Å². The molecule has 0 bridgehead atoms. The van der Waals surface area contributed by atoms with Crippen LogP contribution >= 0.6 is 0 Å². The Hall–Kier alpha value is -3.74. The van der Waals surface area contributed by atoms with Gasteiger partial charge >= 0.3 is 6.09 Å². The van der Waals surface area contributed by atoms with Gasteiger partial charge in [-0.05, 0) is 36.8 Å². The van der Waals surface area contributed by atoms with Crippen LogP contribution in [0, 0.1) is 5.82 Å². The maximum atomic E-state index is 13.3. The second-order valence-corrected chi connectivity index (χ2v) is 6.76. The predicted octanol–water partition coefficient (Wildman–Crippen LogP) is 3.93. The van der Waals surface area contributed by atoms with Crippen LogP contribution in [0.5, 0.6) is 0 Å². The van der Waals surface area contributed by atoms with Crippen LogP contribution in [-0.4, -0.2) is 29.6 Å². The van der Waals surface area contributed by atoms with Gasteiger partial charge < -0.3 is 15.4 Å². The predicted molar refractivity (Wildman–Crippen MR) is 111 cm³/mol. The second kappa shape index (κ2) is 10.2. The SMILES string of the molecule is C[C@@H](CNC(=O)c1ccc(-c2cccc(F)c2)nc1)NC(=O)OCc1ccccc1. The molecule has 6 nitrogen and oxygen atoms in total. The highest BCUT2D eigenvalue weighted by Crippen LogP contribution is 2.17. The molecule has 0 saturated carbocycles. The van der Waals surface area contributed by atoms with Crippen molar-refractivity contribution in [2.45, 2.75) is 19.6 Å². The molecule has 1 aromatic heterocycles.